The van der Waals surface area contributed by atoms with Crippen LogP contribution in [0.3, 0.4) is 0 Å². The standard InChI is InChI=1S/C18H15BrF2N4O3/c1-24-15-8(5-22-17-12(15)9(19)6-23-17)7-25(18(24)26)16-13(20)10(27-2)4-11(28-3)14(16)21/h4-6H,7H2,1-3H3,(H,22,23). The number of H-pyrrole nitrogens is 1. The van der Waals surface area contributed by atoms with Gasteiger partial charge in [-0.05, 0) is 15.9 Å². The van der Waals surface area contributed by atoms with Crippen LogP contribution in [0, 0.1) is 11.6 Å². The van der Waals surface area contributed by atoms with Crippen LogP contribution in [-0.2, 0) is 6.54 Å². The van der Waals surface area contributed by atoms with Gasteiger partial charge in [-0.3, -0.25) is 9.80 Å². The number of ether oxygens (including phenoxy) is 2. The molecule has 0 spiro atoms. The van der Waals surface area contributed by atoms with Gasteiger partial charge in [-0.2, -0.15) is 0 Å². The lowest BCUT2D eigenvalue weighted by Gasteiger charge is -2.35. The van der Waals surface area contributed by atoms with Gasteiger partial charge >= 0.3 is 6.03 Å². The van der Waals surface area contributed by atoms with E-state index in [2.05, 4.69) is 25.9 Å². The number of amides is 2. The quantitative estimate of drug-likeness (QED) is 0.646. The van der Waals surface area contributed by atoms with Crippen molar-refractivity contribution in [3.63, 3.8) is 0 Å². The van der Waals surface area contributed by atoms with Crippen LogP contribution in [-0.4, -0.2) is 37.3 Å². The molecule has 0 radical (unpaired) electrons. The number of carbonyl (C=O) groups excluding carboxylic acids is 1. The second-order valence-corrected chi connectivity index (χ2v) is 7.03. The molecule has 3 aromatic rings. The molecular formula is C18H15BrF2N4O3. The van der Waals surface area contributed by atoms with Crippen LogP contribution in [0.2, 0.25) is 0 Å². The number of methoxy groups -OCH3 is 2. The second-order valence-electron chi connectivity index (χ2n) is 6.18. The van der Waals surface area contributed by atoms with E-state index in [0.717, 1.165) is 20.8 Å². The predicted molar refractivity (Wildman–Crippen MR) is 103 cm³/mol. The largest absolute Gasteiger partial charge is 0.493 e. The molecular weight excluding hydrogens is 438 g/mol. The number of benzene rings is 1. The summed E-state index contributed by atoms with van der Waals surface area (Å²) >= 11 is 3.44. The van der Waals surface area contributed by atoms with Crippen LogP contribution >= 0.6 is 15.9 Å². The van der Waals surface area contributed by atoms with E-state index in [0.29, 0.717) is 16.9 Å². The number of hydrogen-bond donors (Lipinski definition) is 1. The highest BCUT2D eigenvalue weighted by Gasteiger charge is 2.36. The Balaban J connectivity index is 1.92. The van der Waals surface area contributed by atoms with Crippen molar-refractivity contribution in [1.29, 1.82) is 0 Å². The number of pyridine rings is 1. The molecule has 0 unspecified atom stereocenters. The Bertz CT molecular complexity index is 1090. The Labute approximate surface area is 167 Å². The van der Waals surface area contributed by atoms with Crippen LogP contribution in [0.25, 0.3) is 11.0 Å². The van der Waals surface area contributed by atoms with Crippen LogP contribution in [0.4, 0.5) is 25.0 Å². The van der Waals surface area contributed by atoms with Crippen LogP contribution < -0.4 is 19.3 Å². The lowest BCUT2D eigenvalue weighted by Crippen LogP contribution is -2.46. The predicted octanol–water partition coefficient (Wildman–Crippen LogP) is 4.20. The number of carbonyl (C=O) groups is 1. The van der Waals surface area contributed by atoms with Crippen molar-refractivity contribution in [2.75, 3.05) is 31.1 Å². The monoisotopic (exact) mass is 452 g/mol. The van der Waals surface area contributed by atoms with Crippen molar-refractivity contribution < 1.29 is 23.0 Å². The number of aromatic nitrogens is 2. The highest BCUT2D eigenvalue weighted by atomic mass is 79.9. The zero-order chi connectivity index (χ0) is 20.2. The molecule has 1 N–H and O–H groups in total. The molecule has 1 aromatic carbocycles. The number of aromatic amines is 1. The van der Waals surface area contributed by atoms with E-state index in [-0.39, 0.29) is 18.0 Å². The Morgan fingerprint density at radius 2 is 1.82 bits per heavy atom. The fraction of sp³-hybridized carbons (Fsp3) is 0.222. The summed E-state index contributed by atoms with van der Waals surface area (Å²) in [5, 5.41) is 0.720. The Hall–Kier alpha value is -2.88. The van der Waals surface area contributed by atoms with E-state index in [9.17, 15) is 13.6 Å². The minimum absolute atomic E-state index is 0.0662. The average Bonchev–Trinajstić information content (AvgIpc) is 3.06. The first-order valence-electron chi connectivity index (χ1n) is 8.18. The molecule has 1 aliphatic rings. The summed E-state index contributed by atoms with van der Waals surface area (Å²) in [6.07, 6.45) is 3.29. The van der Waals surface area contributed by atoms with E-state index >= 15 is 0 Å². The van der Waals surface area contributed by atoms with Crippen molar-refractivity contribution in [2.45, 2.75) is 6.54 Å². The summed E-state index contributed by atoms with van der Waals surface area (Å²) in [4.78, 5) is 22.7. The highest BCUT2D eigenvalue weighted by Crippen LogP contribution is 2.43. The van der Waals surface area contributed by atoms with Gasteiger partial charge in [0, 0.05) is 35.5 Å². The average molecular weight is 453 g/mol. The minimum Gasteiger partial charge on any atom is -0.493 e. The lowest BCUT2D eigenvalue weighted by atomic mass is 10.1. The molecule has 2 aromatic heterocycles. The third-order valence-electron chi connectivity index (χ3n) is 4.70. The Kier molecular flexibility index (Phi) is 4.37. The number of urea groups is 1. The van der Waals surface area contributed by atoms with E-state index in [1.54, 1.807) is 19.4 Å². The SMILES string of the molecule is COc1cc(OC)c(F)c(N2Cc3cnc4[nH]cc(Br)c4c3N(C)C2=O)c1F. The van der Waals surface area contributed by atoms with Crippen molar-refractivity contribution in [3.8, 4) is 11.5 Å². The molecule has 0 atom stereocenters. The van der Waals surface area contributed by atoms with Crippen molar-refractivity contribution >= 4 is 44.4 Å². The van der Waals surface area contributed by atoms with Crippen LogP contribution in [0.5, 0.6) is 11.5 Å². The van der Waals surface area contributed by atoms with Gasteiger partial charge in [0.15, 0.2) is 23.1 Å². The molecule has 0 saturated heterocycles. The molecule has 0 fully saturated rings. The van der Waals surface area contributed by atoms with E-state index in [4.69, 9.17) is 9.47 Å². The number of hydrogen-bond acceptors (Lipinski definition) is 4. The van der Waals surface area contributed by atoms with Gasteiger partial charge in [-0.1, -0.05) is 0 Å². The summed E-state index contributed by atoms with van der Waals surface area (Å²) in [6.45, 7) is -0.0662. The summed E-state index contributed by atoms with van der Waals surface area (Å²) in [7, 11) is 4.05. The zero-order valence-corrected chi connectivity index (χ0v) is 16.7. The number of nitrogens with zero attached hydrogens (tertiary/aromatic N) is 3. The lowest BCUT2D eigenvalue weighted by molar-refractivity contribution is 0.250. The molecule has 0 aliphatic carbocycles. The van der Waals surface area contributed by atoms with E-state index in [1.807, 2.05) is 0 Å². The Morgan fingerprint density at radius 1 is 1.18 bits per heavy atom. The number of rotatable bonds is 3. The number of halogens is 3. The summed E-state index contributed by atoms with van der Waals surface area (Å²) in [5.74, 6) is -2.42. The maximum Gasteiger partial charge on any atom is 0.329 e. The molecule has 2 amide bonds. The summed E-state index contributed by atoms with van der Waals surface area (Å²) < 4.78 is 40.5. The summed E-state index contributed by atoms with van der Waals surface area (Å²) in [5.41, 5.74) is 1.32. The first kappa shape index (κ1) is 18.5. The van der Waals surface area contributed by atoms with Gasteiger partial charge in [0.1, 0.15) is 11.3 Å². The Morgan fingerprint density at radius 3 is 2.43 bits per heavy atom. The van der Waals surface area contributed by atoms with Crippen LogP contribution in [0.15, 0.2) is 22.9 Å². The van der Waals surface area contributed by atoms with Gasteiger partial charge in [0.2, 0.25) is 0 Å². The molecule has 0 bridgehead atoms. The summed E-state index contributed by atoms with van der Waals surface area (Å²) in [6, 6.07) is 0.503. The van der Waals surface area contributed by atoms with Crippen molar-refractivity contribution in [3.05, 3.63) is 40.1 Å². The second kappa shape index (κ2) is 6.62. The number of nitrogens with one attached hydrogen (secondary N) is 1. The number of anilines is 2. The van der Waals surface area contributed by atoms with Gasteiger partial charge in [0.25, 0.3) is 0 Å². The van der Waals surface area contributed by atoms with Crippen molar-refractivity contribution in [1.82, 2.24) is 9.97 Å². The molecule has 1 aliphatic heterocycles. The molecule has 10 heteroatoms. The first-order valence-corrected chi connectivity index (χ1v) is 8.98. The highest BCUT2D eigenvalue weighted by molar-refractivity contribution is 9.10. The van der Waals surface area contributed by atoms with Gasteiger partial charge in [-0.15, -0.1) is 0 Å². The maximum absolute atomic E-state index is 14.9. The third kappa shape index (κ3) is 2.51. The van der Waals surface area contributed by atoms with E-state index in [1.165, 1.54) is 19.1 Å². The van der Waals surface area contributed by atoms with Gasteiger partial charge < -0.3 is 14.5 Å². The minimum atomic E-state index is -0.983. The fourth-order valence-corrected chi connectivity index (χ4v) is 3.87. The van der Waals surface area contributed by atoms with E-state index < -0.39 is 23.4 Å². The topological polar surface area (TPSA) is 70.7 Å². The smallest absolute Gasteiger partial charge is 0.329 e. The fourth-order valence-electron chi connectivity index (χ4n) is 3.38. The molecule has 3 heterocycles. The zero-order valence-electron chi connectivity index (χ0n) is 15.1. The van der Waals surface area contributed by atoms with Crippen LogP contribution in [0.1, 0.15) is 5.56 Å². The first-order chi connectivity index (χ1) is 13.4. The maximum atomic E-state index is 14.9. The molecule has 146 valence electrons. The molecule has 28 heavy (non-hydrogen) atoms. The molecule has 0 saturated carbocycles. The van der Waals surface area contributed by atoms with Crippen molar-refractivity contribution in [2.24, 2.45) is 0 Å². The molecule has 4 rings (SSSR count). The normalized spacial score (nSPS) is 13.9. The van der Waals surface area contributed by atoms with Gasteiger partial charge in [0.05, 0.1) is 31.8 Å². The third-order valence-corrected chi connectivity index (χ3v) is 5.33. The van der Waals surface area contributed by atoms with Gasteiger partial charge in [-0.25, -0.2) is 18.6 Å². The number of fused-ring (bicyclic) bond motifs is 3. The molecule has 7 nitrogen and oxygen atoms in total.